The Morgan fingerprint density at radius 3 is 1.82 bits per heavy atom. The first kappa shape index (κ1) is 28.7. The summed E-state index contributed by atoms with van der Waals surface area (Å²) in [5.41, 5.74) is 9.09. The molecule has 49 heavy (non-hydrogen) atoms. The van der Waals surface area contributed by atoms with Crippen molar-refractivity contribution >= 4 is 49.6 Å². The third kappa shape index (κ3) is 4.95. The Bertz CT molecular complexity index is 2600. The van der Waals surface area contributed by atoms with Gasteiger partial charge in [0.15, 0.2) is 0 Å². The minimum Gasteiger partial charge on any atom is -0.309 e. The zero-order chi connectivity index (χ0) is 32.7. The zero-order valence-electron chi connectivity index (χ0n) is 26.7. The van der Waals surface area contributed by atoms with Gasteiger partial charge >= 0.3 is 0 Å². The smallest absolute Gasteiger partial charge is 0.148 e. The van der Waals surface area contributed by atoms with Gasteiger partial charge in [-0.25, -0.2) is 4.39 Å². The van der Waals surface area contributed by atoms with Crippen LogP contribution in [0.15, 0.2) is 188 Å². The molecule has 0 spiro atoms. The summed E-state index contributed by atoms with van der Waals surface area (Å²) in [6.45, 7) is 0. The second-order valence-corrected chi connectivity index (χ2v) is 12.3. The highest BCUT2D eigenvalue weighted by molar-refractivity contribution is 6.11. The molecule has 0 aliphatic rings. The number of benzene rings is 8. The van der Waals surface area contributed by atoms with Gasteiger partial charge in [-0.05, 0) is 70.6 Å². The molecule has 0 saturated carbocycles. The van der Waals surface area contributed by atoms with Gasteiger partial charge in [-0.1, -0.05) is 140 Å². The Morgan fingerprint density at radius 2 is 1.04 bits per heavy atom. The van der Waals surface area contributed by atoms with Crippen LogP contribution in [0.25, 0.3) is 60.5 Å². The van der Waals surface area contributed by atoms with Crippen LogP contribution in [0.3, 0.4) is 0 Å². The normalized spacial score (nSPS) is 11.4. The average molecular weight is 631 g/mol. The molecule has 0 aliphatic carbocycles. The van der Waals surface area contributed by atoms with Gasteiger partial charge in [-0.3, -0.25) is 0 Å². The van der Waals surface area contributed by atoms with E-state index in [1.165, 1.54) is 5.39 Å². The van der Waals surface area contributed by atoms with Crippen molar-refractivity contribution in [1.82, 2.24) is 4.57 Å². The molecule has 0 bridgehead atoms. The number of fused-ring (bicyclic) bond motifs is 4. The van der Waals surface area contributed by atoms with E-state index in [1.807, 2.05) is 66.7 Å². The van der Waals surface area contributed by atoms with Gasteiger partial charge in [0.2, 0.25) is 0 Å². The van der Waals surface area contributed by atoms with E-state index in [9.17, 15) is 0 Å². The molecule has 8 aromatic carbocycles. The Morgan fingerprint density at radius 1 is 0.429 bits per heavy atom. The summed E-state index contributed by atoms with van der Waals surface area (Å²) < 4.78 is 19.6. The molecule has 0 saturated heterocycles. The summed E-state index contributed by atoms with van der Waals surface area (Å²) in [6, 6.07) is 64.1. The van der Waals surface area contributed by atoms with Crippen LogP contribution in [0.5, 0.6) is 0 Å². The molecular weight excluding hydrogens is 600 g/mol. The van der Waals surface area contributed by atoms with Crippen LogP contribution in [-0.4, -0.2) is 4.57 Å². The fourth-order valence-corrected chi connectivity index (χ4v) is 7.21. The van der Waals surface area contributed by atoms with Crippen molar-refractivity contribution in [3.8, 4) is 27.9 Å². The Balaban J connectivity index is 1.38. The fraction of sp³-hybridized carbons (Fsp3) is 0. The maximum Gasteiger partial charge on any atom is 0.148 e. The monoisotopic (exact) mass is 630 g/mol. The number of nitrogens with zero attached hydrogens (tertiary/aromatic N) is 2. The lowest BCUT2D eigenvalue weighted by atomic mass is 9.95. The first-order valence-corrected chi connectivity index (χ1v) is 16.6. The largest absolute Gasteiger partial charge is 0.309 e. The molecule has 0 atom stereocenters. The van der Waals surface area contributed by atoms with Crippen LogP contribution in [0, 0.1) is 5.82 Å². The Kier molecular flexibility index (Phi) is 7.02. The maximum atomic E-state index is 17.3. The molecule has 1 aromatic heterocycles. The topological polar surface area (TPSA) is 8.17 Å². The van der Waals surface area contributed by atoms with Crippen LogP contribution in [0.4, 0.5) is 21.5 Å². The molecule has 0 fully saturated rings. The Hall–Kier alpha value is -6.45. The molecule has 0 unspecified atom stereocenters. The first-order chi connectivity index (χ1) is 24.2. The van der Waals surface area contributed by atoms with Gasteiger partial charge in [0.05, 0.1) is 22.4 Å². The second kappa shape index (κ2) is 12.0. The summed E-state index contributed by atoms with van der Waals surface area (Å²) >= 11 is 0. The number of halogens is 1. The lowest BCUT2D eigenvalue weighted by Gasteiger charge is -2.30. The summed E-state index contributed by atoms with van der Waals surface area (Å²) in [5.74, 6) is -0.295. The highest BCUT2D eigenvalue weighted by Gasteiger charge is 2.25. The number of hydrogen-bond donors (Lipinski definition) is 0. The number of aromatic nitrogens is 1. The third-order valence-electron chi connectivity index (χ3n) is 9.42. The van der Waals surface area contributed by atoms with Gasteiger partial charge in [-0.2, -0.15) is 0 Å². The van der Waals surface area contributed by atoms with Crippen LogP contribution in [-0.2, 0) is 0 Å². The third-order valence-corrected chi connectivity index (χ3v) is 9.42. The van der Waals surface area contributed by atoms with Crippen LogP contribution in [0.1, 0.15) is 0 Å². The van der Waals surface area contributed by atoms with Crippen molar-refractivity contribution in [1.29, 1.82) is 0 Å². The zero-order valence-corrected chi connectivity index (χ0v) is 26.7. The van der Waals surface area contributed by atoms with Crippen LogP contribution < -0.4 is 4.90 Å². The van der Waals surface area contributed by atoms with E-state index in [4.69, 9.17) is 0 Å². The quantitative estimate of drug-likeness (QED) is 0.177. The summed E-state index contributed by atoms with van der Waals surface area (Å²) in [7, 11) is 0. The number of anilines is 3. The molecule has 9 aromatic rings. The predicted molar refractivity (Wildman–Crippen MR) is 204 cm³/mol. The van der Waals surface area contributed by atoms with E-state index in [0.29, 0.717) is 5.69 Å². The summed E-state index contributed by atoms with van der Waals surface area (Å²) in [4.78, 5) is 2.11. The number of hydrogen-bond acceptors (Lipinski definition) is 1. The summed E-state index contributed by atoms with van der Waals surface area (Å²) in [5, 5.41) is 4.45. The van der Waals surface area contributed by atoms with Crippen LogP contribution >= 0.6 is 0 Å². The predicted octanol–water partition coefficient (Wildman–Crippen LogP) is 12.9. The molecule has 3 heteroatoms. The SMILES string of the molecule is Fc1cc(-c2ccccc2)cc(-c2ccccc2)c1N(c1ccc2c3ccccc3n(-c3ccccc3)c2c1)c1cccc2ccccc12. The number of para-hydroxylation sites is 2. The van der Waals surface area contributed by atoms with Crippen molar-refractivity contribution < 1.29 is 4.39 Å². The summed E-state index contributed by atoms with van der Waals surface area (Å²) in [6.07, 6.45) is 0. The second-order valence-electron chi connectivity index (χ2n) is 12.3. The van der Waals surface area contributed by atoms with Crippen molar-refractivity contribution in [2.24, 2.45) is 0 Å². The van der Waals surface area contributed by atoms with Gasteiger partial charge in [0.1, 0.15) is 5.82 Å². The molecule has 0 N–H and O–H groups in total. The van der Waals surface area contributed by atoms with Gasteiger partial charge in [-0.15, -0.1) is 0 Å². The standard InChI is InChI=1S/C46H31FN2/c47-42-30-35(32-15-4-1-5-16-32)29-41(34-17-6-2-7-18-34)46(42)49(43-26-14-20-33-19-10-11-23-38(33)43)37-27-28-40-39-24-12-13-25-44(39)48(45(40)31-37)36-21-8-3-9-22-36/h1-31H. The van der Waals surface area contributed by atoms with Crippen LogP contribution in [0.2, 0.25) is 0 Å². The molecule has 232 valence electrons. The van der Waals surface area contributed by atoms with E-state index < -0.39 is 0 Å². The van der Waals surface area contributed by atoms with E-state index in [-0.39, 0.29) is 5.82 Å². The van der Waals surface area contributed by atoms with E-state index in [1.54, 1.807) is 6.07 Å². The molecule has 9 rings (SSSR count). The van der Waals surface area contributed by atoms with E-state index in [2.05, 4.69) is 125 Å². The van der Waals surface area contributed by atoms with Crippen molar-refractivity contribution in [2.75, 3.05) is 4.90 Å². The lowest BCUT2D eigenvalue weighted by molar-refractivity contribution is 0.630. The van der Waals surface area contributed by atoms with Gasteiger partial charge < -0.3 is 9.47 Å². The minimum absolute atomic E-state index is 0.295. The highest BCUT2D eigenvalue weighted by atomic mass is 19.1. The molecular formula is C46H31FN2. The van der Waals surface area contributed by atoms with E-state index >= 15 is 4.39 Å². The minimum atomic E-state index is -0.295. The molecule has 1 heterocycles. The molecule has 0 radical (unpaired) electrons. The number of rotatable bonds is 6. The van der Waals surface area contributed by atoms with Crippen molar-refractivity contribution in [3.05, 3.63) is 194 Å². The molecule has 0 aliphatic heterocycles. The Labute approximate surface area is 284 Å². The molecule has 2 nitrogen and oxygen atoms in total. The van der Waals surface area contributed by atoms with Crippen molar-refractivity contribution in [2.45, 2.75) is 0 Å². The fourth-order valence-electron chi connectivity index (χ4n) is 7.21. The maximum absolute atomic E-state index is 17.3. The van der Waals surface area contributed by atoms with Gasteiger partial charge in [0, 0.05) is 33.1 Å². The average Bonchev–Trinajstić information content (AvgIpc) is 3.50. The highest BCUT2D eigenvalue weighted by Crippen LogP contribution is 2.47. The van der Waals surface area contributed by atoms with Crippen molar-refractivity contribution in [3.63, 3.8) is 0 Å². The van der Waals surface area contributed by atoms with E-state index in [0.717, 1.165) is 66.5 Å². The van der Waals surface area contributed by atoms with Gasteiger partial charge in [0.25, 0.3) is 0 Å². The molecule has 0 amide bonds. The first-order valence-electron chi connectivity index (χ1n) is 16.6. The lowest BCUT2D eigenvalue weighted by Crippen LogP contribution is -2.14.